The van der Waals surface area contributed by atoms with Gasteiger partial charge in [-0.05, 0) is 44.0 Å². The number of Topliss-reactive ketones (excluding diaryl/α,β-unsaturated/α-hetero) is 1. The van der Waals surface area contributed by atoms with Crippen molar-refractivity contribution in [2.45, 2.75) is 32.2 Å². The molecule has 1 aliphatic rings. The van der Waals surface area contributed by atoms with Gasteiger partial charge in [-0.1, -0.05) is 0 Å². The fraction of sp³-hybridized carbons (Fsp3) is 0.400. The zero-order valence-corrected chi connectivity index (χ0v) is 10.9. The number of benzene rings is 1. The number of amides is 1. The molecular formula is C15H16N2O2. The summed E-state index contributed by atoms with van der Waals surface area (Å²) in [6, 6.07) is 8.68. The second-order valence-electron chi connectivity index (χ2n) is 4.89. The molecule has 0 bridgehead atoms. The van der Waals surface area contributed by atoms with E-state index in [1.54, 1.807) is 36.1 Å². The fourth-order valence-corrected chi connectivity index (χ4v) is 2.50. The predicted molar refractivity (Wildman–Crippen MR) is 70.5 cm³/mol. The molecule has 0 spiro atoms. The predicted octanol–water partition coefficient (Wildman–Crippen LogP) is 2.14. The van der Waals surface area contributed by atoms with E-state index in [0.717, 1.165) is 12.8 Å². The van der Waals surface area contributed by atoms with E-state index in [1.807, 2.05) is 6.07 Å². The first-order valence-electron chi connectivity index (χ1n) is 6.42. The van der Waals surface area contributed by atoms with Gasteiger partial charge in [0.2, 0.25) is 0 Å². The van der Waals surface area contributed by atoms with Crippen molar-refractivity contribution in [1.82, 2.24) is 4.90 Å². The quantitative estimate of drug-likeness (QED) is 0.832. The lowest BCUT2D eigenvalue weighted by atomic mass is 10.1. The third-order valence-corrected chi connectivity index (χ3v) is 3.42. The molecule has 1 aromatic rings. The van der Waals surface area contributed by atoms with Gasteiger partial charge in [0.25, 0.3) is 5.91 Å². The average Bonchev–Trinajstić information content (AvgIpc) is 2.85. The number of rotatable bonds is 3. The van der Waals surface area contributed by atoms with Crippen molar-refractivity contribution in [3.8, 4) is 6.07 Å². The van der Waals surface area contributed by atoms with Crippen molar-refractivity contribution in [2.24, 2.45) is 0 Å². The second kappa shape index (κ2) is 5.66. The molecule has 2 rings (SSSR count). The number of carbonyl (C=O) groups is 2. The first-order chi connectivity index (χ1) is 9.11. The Morgan fingerprint density at radius 3 is 2.63 bits per heavy atom. The van der Waals surface area contributed by atoms with Gasteiger partial charge in [0.1, 0.15) is 5.78 Å². The zero-order chi connectivity index (χ0) is 13.8. The van der Waals surface area contributed by atoms with Crippen LogP contribution in [0.25, 0.3) is 0 Å². The molecule has 0 aromatic heterocycles. The summed E-state index contributed by atoms with van der Waals surface area (Å²) in [5.74, 6) is 0.0674. The van der Waals surface area contributed by atoms with Crippen molar-refractivity contribution in [3.05, 3.63) is 35.4 Å². The van der Waals surface area contributed by atoms with Gasteiger partial charge >= 0.3 is 0 Å². The molecular weight excluding hydrogens is 240 g/mol. The number of likely N-dealkylation sites (tertiary alicyclic amines) is 1. The van der Waals surface area contributed by atoms with E-state index in [2.05, 4.69) is 0 Å². The van der Waals surface area contributed by atoms with E-state index in [1.165, 1.54) is 0 Å². The van der Waals surface area contributed by atoms with Crippen LogP contribution in [-0.4, -0.2) is 29.2 Å². The van der Waals surface area contributed by atoms with Crippen LogP contribution in [0.5, 0.6) is 0 Å². The number of nitriles is 1. The molecule has 1 fully saturated rings. The lowest BCUT2D eigenvalue weighted by Gasteiger charge is -2.24. The minimum Gasteiger partial charge on any atom is -0.335 e. The summed E-state index contributed by atoms with van der Waals surface area (Å²) in [5.41, 5.74) is 1.12. The molecule has 1 atom stereocenters. The summed E-state index contributed by atoms with van der Waals surface area (Å²) in [5, 5.41) is 8.74. The van der Waals surface area contributed by atoms with E-state index in [0.29, 0.717) is 24.1 Å². The van der Waals surface area contributed by atoms with Crippen LogP contribution < -0.4 is 0 Å². The summed E-state index contributed by atoms with van der Waals surface area (Å²) >= 11 is 0. The van der Waals surface area contributed by atoms with Crippen LogP contribution in [0.3, 0.4) is 0 Å². The number of nitrogens with zero attached hydrogens (tertiary/aromatic N) is 2. The van der Waals surface area contributed by atoms with Crippen LogP contribution in [0.2, 0.25) is 0 Å². The highest BCUT2D eigenvalue weighted by Crippen LogP contribution is 2.22. The zero-order valence-electron chi connectivity index (χ0n) is 10.9. The topological polar surface area (TPSA) is 61.2 Å². The molecule has 0 N–H and O–H groups in total. The van der Waals surface area contributed by atoms with Gasteiger partial charge < -0.3 is 4.90 Å². The fourth-order valence-electron chi connectivity index (χ4n) is 2.50. The Labute approximate surface area is 112 Å². The molecule has 4 heteroatoms. The number of hydrogen-bond donors (Lipinski definition) is 0. The van der Waals surface area contributed by atoms with E-state index < -0.39 is 0 Å². The first-order valence-corrected chi connectivity index (χ1v) is 6.42. The molecule has 1 aromatic carbocycles. The summed E-state index contributed by atoms with van der Waals surface area (Å²) in [6.45, 7) is 2.26. The van der Waals surface area contributed by atoms with Crippen LogP contribution in [-0.2, 0) is 4.79 Å². The minimum atomic E-state index is -0.0479. The normalized spacial score (nSPS) is 18.1. The molecule has 1 aliphatic heterocycles. The second-order valence-corrected chi connectivity index (χ2v) is 4.89. The van der Waals surface area contributed by atoms with E-state index in [9.17, 15) is 9.59 Å². The smallest absolute Gasteiger partial charge is 0.254 e. The Hall–Kier alpha value is -2.15. The number of carbonyl (C=O) groups excluding carboxylic acids is 2. The van der Waals surface area contributed by atoms with E-state index in [-0.39, 0.29) is 17.7 Å². The maximum Gasteiger partial charge on any atom is 0.254 e. The van der Waals surface area contributed by atoms with E-state index >= 15 is 0 Å². The van der Waals surface area contributed by atoms with Gasteiger partial charge in [0, 0.05) is 24.6 Å². The molecule has 1 saturated heterocycles. The molecule has 1 heterocycles. The maximum absolute atomic E-state index is 12.4. The Morgan fingerprint density at radius 2 is 2.05 bits per heavy atom. The Kier molecular flexibility index (Phi) is 3.96. The standard InChI is InChI=1S/C15H16N2O2/c1-11(18)9-14-3-2-8-17(14)15(19)13-6-4-12(10-16)5-7-13/h4-7,14H,2-3,8-9H2,1H3. The molecule has 4 nitrogen and oxygen atoms in total. The molecule has 1 unspecified atom stereocenters. The van der Waals surface area contributed by atoms with E-state index in [4.69, 9.17) is 5.26 Å². The lowest BCUT2D eigenvalue weighted by molar-refractivity contribution is -0.117. The van der Waals surface area contributed by atoms with Crippen molar-refractivity contribution in [1.29, 1.82) is 5.26 Å². The third-order valence-electron chi connectivity index (χ3n) is 3.42. The minimum absolute atomic E-state index is 0.0284. The highest BCUT2D eigenvalue weighted by Gasteiger charge is 2.29. The van der Waals surface area contributed by atoms with Gasteiger partial charge in [0.05, 0.1) is 11.6 Å². The van der Waals surface area contributed by atoms with Crippen LogP contribution in [0.1, 0.15) is 42.1 Å². The summed E-state index contributed by atoms with van der Waals surface area (Å²) < 4.78 is 0. The monoisotopic (exact) mass is 256 g/mol. The van der Waals surface area contributed by atoms with Gasteiger partial charge in [0.15, 0.2) is 0 Å². The van der Waals surface area contributed by atoms with Crippen molar-refractivity contribution < 1.29 is 9.59 Å². The maximum atomic E-state index is 12.4. The van der Waals surface area contributed by atoms with Crippen LogP contribution in [0, 0.1) is 11.3 Å². The van der Waals surface area contributed by atoms with Crippen molar-refractivity contribution in [2.75, 3.05) is 6.54 Å². The summed E-state index contributed by atoms with van der Waals surface area (Å²) in [4.78, 5) is 25.4. The summed E-state index contributed by atoms with van der Waals surface area (Å²) in [6.07, 6.45) is 2.27. The molecule has 0 saturated carbocycles. The van der Waals surface area contributed by atoms with Crippen LogP contribution in [0.15, 0.2) is 24.3 Å². The van der Waals surface area contributed by atoms with Gasteiger partial charge in [-0.25, -0.2) is 0 Å². The first kappa shape index (κ1) is 13.3. The number of ketones is 1. The lowest BCUT2D eigenvalue weighted by Crippen LogP contribution is -2.36. The van der Waals surface area contributed by atoms with Crippen LogP contribution in [0.4, 0.5) is 0 Å². The average molecular weight is 256 g/mol. The Balaban J connectivity index is 2.13. The van der Waals surface area contributed by atoms with Gasteiger partial charge in [-0.3, -0.25) is 9.59 Å². The largest absolute Gasteiger partial charge is 0.335 e. The van der Waals surface area contributed by atoms with Crippen LogP contribution >= 0.6 is 0 Å². The summed E-state index contributed by atoms with van der Waals surface area (Å²) in [7, 11) is 0. The Morgan fingerprint density at radius 1 is 1.37 bits per heavy atom. The molecule has 19 heavy (non-hydrogen) atoms. The third kappa shape index (κ3) is 3.00. The Bertz CT molecular complexity index is 528. The molecule has 0 radical (unpaired) electrons. The highest BCUT2D eigenvalue weighted by molar-refractivity contribution is 5.95. The molecule has 98 valence electrons. The van der Waals surface area contributed by atoms with Gasteiger partial charge in [-0.2, -0.15) is 5.26 Å². The molecule has 1 amide bonds. The SMILES string of the molecule is CC(=O)CC1CCCN1C(=O)c1ccc(C#N)cc1. The van der Waals surface area contributed by atoms with Crippen molar-refractivity contribution >= 4 is 11.7 Å². The number of hydrogen-bond acceptors (Lipinski definition) is 3. The molecule has 0 aliphatic carbocycles. The highest BCUT2D eigenvalue weighted by atomic mass is 16.2. The van der Waals surface area contributed by atoms with Gasteiger partial charge in [-0.15, -0.1) is 0 Å². The van der Waals surface area contributed by atoms with Crippen molar-refractivity contribution in [3.63, 3.8) is 0 Å².